The van der Waals surface area contributed by atoms with E-state index >= 15 is 0 Å². The van der Waals surface area contributed by atoms with Gasteiger partial charge in [-0.2, -0.15) is 0 Å². The molecule has 1 unspecified atom stereocenters. The third-order valence-corrected chi connectivity index (χ3v) is 3.48. The average Bonchev–Trinajstić information content (AvgIpc) is 2.70. The molecule has 0 amide bonds. The lowest BCUT2D eigenvalue weighted by Crippen LogP contribution is -2.32. The van der Waals surface area contributed by atoms with Crippen LogP contribution in [0.3, 0.4) is 0 Å². The van der Waals surface area contributed by atoms with Crippen molar-refractivity contribution in [2.75, 3.05) is 0 Å². The van der Waals surface area contributed by atoms with Crippen LogP contribution >= 0.6 is 0 Å². The van der Waals surface area contributed by atoms with E-state index in [-0.39, 0.29) is 5.82 Å². The minimum Gasteiger partial charge on any atom is -0.387 e. The summed E-state index contributed by atoms with van der Waals surface area (Å²) >= 11 is 0. The number of halogens is 1. The number of aliphatic hydroxyl groups is 2. The quantitative estimate of drug-likeness (QED) is 0.810. The first-order valence-electron chi connectivity index (χ1n) is 5.69. The van der Waals surface area contributed by atoms with E-state index in [1.165, 1.54) is 6.07 Å². The van der Waals surface area contributed by atoms with Crippen molar-refractivity contribution in [3.8, 4) is 0 Å². The lowest BCUT2D eigenvalue weighted by Gasteiger charge is -2.29. The predicted octanol–water partition coefficient (Wildman–Crippen LogP) is 2.47. The molecule has 1 saturated carbocycles. The summed E-state index contributed by atoms with van der Waals surface area (Å²) < 4.78 is 13.1. The van der Waals surface area contributed by atoms with Gasteiger partial charge < -0.3 is 10.2 Å². The topological polar surface area (TPSA) is 40.5 Å². The van der Waals surface area contributed by atoms with E-state index in [0.717, 1.165) is 12.8 Å². The summed E-state index contributed by atoms with van der Waals surface area (Å²) in [5.74, 6) is -0.283. The number of aliphatic hydroxyl groups excluding tert-OH is 1. The zero-order chi connectivity index (χ0) is 11.8. The number of rotatable bonds is 2. The molecule has 2 rings (SSSR count). The smallest absolute Gasteiger partial charge is 0.126 e. The van der Waals surface area contributed by atoms with Gasteiger partial charge in [-0.15, -0.1) is 0 Å². The Bertz CT molecular complexity index is 384. The van der Waals surface area contributed by atoms with Gasteiger partial charge in [-0.05, 0) is 37.0 Å². The molecular formula is C13H17FO2. The van der Waals surface area contributed by atoms with Gasteiger partial charge in [0.05, 0.1) is 5.60 Å². The van der Waals surface area contributed by atoms with Gasteiger partial charge >= 0.3 is 0 Å². The highest BCUT2D eigenvalue weighted by molar-refractivity contribution is 5.27. The molecule has 1 atom stereocenters. The molecule has 0 radical (unpaired) electrons. The molecule has 1 fully saturated rings. The first-order valence-corrected chi connectivity index (χ1v) is 5.69. The van der Waals surface area contributed by atoms with Crippen LogP contribution in [0.4, 0.5) is 4.39 Å². The molecule has 1 aliphatic rings. The molecule has 2 nitrogen and oxygen atoms in total. The molecule has 1 aromatic rings. The van der Waals surface area contributed by atoms with Crippen molar-refractivity contribution in [3.63, 3.8) is 0 Å². The highest BCUT2D eigenvalue weighted by Crippen LogP contribution is 2.39. The van der Waals surface area contributed by atoms with E-state index in [4.69, 9.17) is 0 Å². The Kier molecular flexibility index (Phi) is 3.00. The van der Waals surface area contributed by atoms with Crippen molar-refractivity contribution in [3.05, 3.63) is 35.1 Å². The van der Waals surface area contributed by atoms with Crippen molar-refractivity contribution in [2.45, 2.75) is 44.3 Å². The van der Waals surface area contributed by atoms with Gasteiger partial charge in [0.25, 0.3) is 0 Å². The number of benzene rings is 1. The summed E-state index contributed by atoms with van der Waals surface area (Å²) in [6, 6.07) is 4.49. The first kappa shape index (κ1) is 11.6. The van der Waals surface area contributed by atoms with Crippen molar-refractivity contribution in [1.29, 1.82) is 0 Å². The zero-order valence-electron chi connectivity index (χ0n) is 9.41. The molecule has 2 N–H and O–H groups in total. The van der Waals surface area contributed by atoms with Crippen LogP contribution in [0.2, 0.25) is 0 Å². The molecular weight excluding hydrogens is 207 g/mol. The predicted molar refractivity (Wildman–Crippen MR) is 59.5 cm³/mol. The SMILES string of the molecule is Cc1cc(C(O)C2(O)CCCC2)ccc1F. The molecule has 1 aliphatic carbocycles. The van der Waals surface area contributed by atoms with Crippen molar-refractivity contribution >= 4 is 0 Å². The van der Waals surface area contributed by atoms with E-state index in [2.05, 4.69) is 0 Å². The van der Waals surface area contributed by atoms with Crippen molar-refractivity contribution < 1.29 is 14.6 Å². The first-order chi connectivity index (χ1) is 7.53. The molecule has 1 aromatic carbocycles. The Morgan fingerprint density at radius 3 is 2.50 bits per heavy atom. The van der Waals surface area contributed by atoms with Gasteiger partial charge in [-0.1, -0.05) is 25.0 Å². The van der Waals surface area contributed by atoms with E-state index in [1.54, 1.807) is 19.1 Å². The standard InChI is InChI=1S/C13H17FO2/c1-9-8-10(4-5-11(9)14)12(15)13(16)6-2-3-7-13/h4-5,8,12,15-16H,2-3,6-7H2,1H3. The maximum Gasteiger partial charge on any atom is 0.126 e. The fourth-order valence-electron chi connectivity index (χ4n) is 2.41. The highest BCUT2D eigenvalue weighted by atomic mass is 19.1. The maximum absolute atomic E-state index is 13.1. The van der Waals surface area contributed by atoms with Crippen LogP contribution in [0.5, 0.6) is 0 Å². The third kappa shape index (κ3) is 1.97. The van der Waals surface area contributed by atoms with Crippen LogP contribution in [0.15, 0.2) is 18.2 Å². The monoisotopic (exact) mass is 224 g/mol. The molecule has 0 saturated heterocycles. The van der Waals surface area contributed by atoms with Crippen molar-refractivity contribution in [2.24, 2.45) is 0 Å². The molecule has 0 spiro atoms. The average molecular weight is 224 g/mol. The van der Waals surface area contributed by atoms with Gasteiger partial charge in [-0.3, -0.25) is 0 Å². The van der Waals surface area contributed by atoms with E-state index < -0.39 is 11.7 Å². The lowest BCUT2D eigenvalue weighted by atomic mass is 9.89. The number of hydrogen-bond acceptors (Lipinski definition) is 2. The molecule has 3 heteroatoms. The number of aryl methyl sites for hydroxylation is 1. The summed E-state index contributed by atoms with van der Waals surface area (Å²) in [5, 5.41) is 20.4. The van der Waals surface area contributed by atoms with Gasteiger partial charge in [-0.25, -0.2) is 4.39 Å². The Labute approximate surface area is 94.7 Å². The number of hydrogen-bond donors (Lipinski definition) is 2. The Morgan fingerprint density at radius 2 is 1.94 bits per heavy atom. The molecule has 0 heterocycles. The van der Waals surface area contributed by atoms with Crippen LogP contribution in [0.25, 0.3) is 0 Å². The van der Waals surface area contributed by atoms with Crippen LogP contribution in [-0.4, -0.2) is 15.8 Å². The van der Waals surface area contributed by atoms with Crippen molar-refractivity contribution in [1.82, 2.24) is 0 Å². The van der Waals surface area contributed by atoms with Gasteiger partial charge in [0.2, 0.25) is 0 Å². The van der Waals surface area contributed by atoms with E-state index in [0.29, 0.717) is 24.0 Å². The highest BCUT2D eigenvalue weighted by Gasteiger charge is 2.39. The summed E-state index contributed by atoms with van der Waals surface area (Å²) in [6.45, 7) is 1.66. The maximum atomic E-state index is 13.1. The molecule has 0 bridgehead atoms. The zero-order valence-corrected chi connectivity index (χ0v) is 9.41. The molecule has 16 heavy (non-hydrogen) atoms. The third-order valence-electron chi connectivity index (χ3n) is 3.48. The van der Waals surface area contributed by atoms with Crippen LogP contribution in [0.1, 0.15) is 42.9 Å². The van der Waals surface area contributed by atoms with Gasteiger partial charge in [0.15, 0.2) is 0 Å². The second kappa shape index (κ2) is 4.15. The fourth-order valence-corrected chi connectivity index (χ4v) is 2.41. The summed E-state index contributed by atoms with van der Waals surface area (Å²) in [6.07, 6.45) is 2.20. The summed E-state index contributed by atoms with van der Waals surface area (Å²) in [4.78, 5) is 0. The van der Waals surface area contributed by atoms with Gasteiger partial charge in [0, 0.05) is 0 Å². The lowest BCUT2D eigenvalue weighted by molar-refractivity contribution is -0.0719. The Balaban J connectivity index is 2.26. The molecule has 0 aliphatic heterocycles. The fraction of sp³-hybridized carbons (Fsp3) is 0.538. The van der Waals surface area contributed by atoms with E-state index in [9.17, 15) is 14.6 Å². The second-order valence-electron chi connectivity index (χ2n) is 4.72. The largest absolute Gasteiger partial charge is 0.387 e. The normalized spacial score (nSPS) is 21.0. The minimum absolute atomic E-state index is 0.283. The Morgan fingerprint density at radius 1 is 1.31 bits per heavy atom. The second-order valence-corrected chi connectivity index (χ2v) is 4.72. The van der Waals surface area contributed by atoms with Crippen LogP contribution in [0, 0.1) is 12.7 Å². The van der Waals surface area contributed by atoms with Gasteiger partial charge in [0.1, 0.15) is 11.9 Å². The summed E-state index contributed by atoms with van der Waals surface area (Å²) in [7, 11) is 0. The van der Waals surface area contributed by atoms with Crippen LogP contribution in [-0.2, 0) is 0 Å². The Hall–Kier alpha value is -0.930. The van der Waals surface area contributed by atoms with Crippen LogP contribution < -0.4 is 0 Å². The van der Waals surface area contributed by atoms with E-state index in [1.807, 2.05) is 0 Å². The summed E-state index contributed by atoms with van der Waals surface area (Å²) in [5.41, 5.74) is 0.0750. The molecule has 0 aromatic heterocycles. The minimum atomic E-state index is -1.02. The molecule has 88 valence electrons.